The molecule has 1 N–H and O–H groups in total. The number of aliphatic hydroxyl groups is 1. The van der Waals surface area contributed by atoms with Crippen molar-refractivity contribution in [1.82, 2.24) is 4.90 Å². The summed E-state index contributed by atoms with van der Waals surface area (Å²) in [7, 11) is 3.60. The Morgan fingerprint density at radius 3 is 2.78 bits per heavy atom. The van der Waals surface area contributed by atoms with E-state index in [1.54, 1.807) is 7.11 Å². The van der Waals surface area contributed by atoms with Gasteiger partial charge in [-0.05, 0) is 32.2 Å². The molecular weight excluding hydrogens is 228 g/mol. The molecule has 1 fully saturated rings. The second kappa shape index (κ2) is 7.73. The Balaban J connectivity index is 2.56. The van der Waals surface area contributed by atoms with Crippen molar-refractivity contribution in [2.75, 3.05) is 27.3 Å². The summed E-state index contributed by atoms with van der Waals surface area (Å²) in [6, 6.07) is 2.71. The molecule has 104 valence electrons. The molecule has 0 radical (unpaired) electrons. The third-order valence-electron chi connectivity index (χ3n) is 4.09. The standard InChI is InChI=1S/C14H26N2O2/c1-4-11-5-6-12(8-15)14(7-11)16(2)9-13(17)10-18-3/h11-14,17H,4-7,9-10H2,1-3H3. The van der Waals surface area contributed by atoms with Crippen LogP contribution in [0.2, 0.25) is 0 Å². The molecule has 1 saturated carbocycles. The molecule has 0 aromatic rings. The lowest BCUT2D eigenvalue weighted by atomic mass is 9.77. The lowest BCUT2D eigenvalue weighted by Gasteiger charge is -2.38. The summed E-state index contributed by atoms with van der Waals surface area (Å²) in [5.74, 6) is 0.828. The van der Waals surface area contributed by atoms with Crippen molar-refractivity contribution < 1.29 is 9.84 Å². The van der Waals surface area contributed by atoms with Crippen molar-refractivity contribution in [2.45, 2.75) is 44.8 Å². The van der Waals surface area contributed by atoms with Gasteiger partial charge in [-0.25, -0.2) is 0 Å². The maximum atomic E-state index is 9.78. The quantitative estimate of drug-likeness (QED) is 0.783. The molecule has 0 bridgehead atoms. The summed E-state index contributed by atoms with van der Waals surface area (Å²) in [5, 5.41) is 19.0. The number of hydrogen-bond donors (Lipinski definition) is 1. The first kappa shape index (κ1) is 15.4. The summed E-state index contributed by atoms with van der Waals surface area (Å²) < 4.78 is 4.95. The largest absolute Gasteiger partial charge is 0.389 e. The third kappa shape index (κ3) is 4.24. The van der Waals surface area contributed by atoms with Crippen LogP contribution < -0.4 is 0 Å². The zero-order valence-corrected chi connectivity index (χ0v) is 11.8. The van der Waals surface area contributed by atoms with Crippen molar-refractivity contribution >= 4 is 0 Å². The highest BCUT2D eigenvalue weighted by molar-refractivity contribution is 4.97. The number of ether oxygens (including phenoxy) is 1. The maximum absolute atomic E-state index is 9.78. The molecule has 4 atom stereocenters. The van der Waals surface area contributed by atoms with Crippen LogP contribution in [0.3, 0.4) is 0 Å². The van der Waals surface area contributed by atoms with Gasteiger partial charge in [-0.2, -0.15) is 5.26 Å². The number of nitrogens with zero attached hydrogens (tertiary/aromatic N) is 2. The van der Waals surface area contributed by atoms with Gasteiger partial charge in [0.15, 0.2) is 0 Å². The van der Waals surface area contributed by atoms with E-state index in [1.165, 1.54) is 12.8 Å². The predicted molar refractivity (Wildman–Crippen MR) is 71.0 cm³/mol. The average Bonchev–Trinajstić information content (AvgIpc) is 2.38. The van der Waals surface area contributed by atoms with Crippen LogP contribution in [0, 0.1) is 23.2 Å². The van der Waals surface area contributed by atoms with E-state index in [1.807, 2.05) is 7.05 Å². The highest BCUT2D eigenvalue weighted by Gasteiger charge is 2.32. The fourth-order valence-electron chi connectivity index (χ4n) is 2.95. The predicted octanol–water partition coefficient (Wildman–Crippen LogP) is 1.64. The molecule has 0 saturated heterocycles. The molecule has 0 aliphatic heterocycles. The van der Waals surface area contributed by atoms with Crippen molar-refractivity contribution in [3.05, 3.63) is 0 Å². The Morgan fingerprint density at radius 2 is 2.22 bits per heavy atom. The van der Waals surface area contributed by atoms with Gasteiger partial charge in [0.2, 0.25) is 0 Å². The van der Waals surface area contributed by atoms with Gasteiger partial charge in [0.1, 0.15) is 0 Å². The lowest BCUT2D eigenvalue weighted by Crippen LogP contribution is -2.45. The Morgan fingerprint density at radius 1 is 1.50 bits per heavy atom. The molecule has 4 nitrogen and oxygen atoms in total. The molecule has 0 aromatic carbocycles. The Kier molecular flexibility index (Phi) is 6.62. The van der Waals surface area contributed by atoms with Gasteiger partial charge in [0.25, 0.3) is 0 Å². The summed E-state index contributed by atoms with van der Waals surface area (Å²) in [5.41, 5.74) is 0. The van der Waals surface area contributed by atoms with E-state index in [2.05, 4.69) is 17.9 Å². The highest BCUT2D eigenvalue weighted by Crippen LogP contribution is 2.33. The van der Waals surface area contributed by atoms with Crippen molar-refractivity contribution in [3.8, 4) is 6.07 Å². The topological polar surface area (TPSA) is 56.5 Å². The number of methoxy groups -OCH3 is 1. The number of nitriles is 1. The summed E-state index contributed by atoms with van der Waals surface area (Å²) >= 11 is 0. The number of likely N-dealkylation sites (N-methyl/N-ethyl adjacent to an activating group) is 1. The minimum absolute atomic E-state index is 0.104. The molecule has 0 heterocycles. The second-order valence-electron chi connectivity index (χ2n) is 5.44. The molecule has 4 unspecified atom stereocenters. The van der Waals surface area contributed by atoms with Crippen LogP contribution in [0.25, 0.3) is 0 Å². The normalized spacial score (nSPS) is 30.1. The number of hydrogen-bond acceptors (Lipinski definition) is 4. The van der Waals surface area contributed by atoms with Crippen LogP contribution in [0.1, 0.15) is 32.6 Å². The molecular formula is C14H26N2O2. The maximum Gasteiger partial charge on any atom is 0.0900 e. The first-order valence-corrected chi connectivity index (χ1v) is 6.89. The summed E-state index contributed by atoms with van der Waals surface area (Å²) in [6.07, 6.45) is 3.94. The van der Waals surface area contributed by atoms with Gasteiger partial charge >= 0.3 is 0 Å². The fraction of sp³-hybridized carbons (Fsp3) is 0.929. The van der Waals surface area contributed by atoms with Crippen LogP contribution in [0.15, 0.2) is 0 Å². The monoisotopic (exact) mass is 254 g/mol. The third-order valence-corrected chi connectivity index (χ3v) is 4.09. The van der Waals surface area contributed by atoms with Crippen LogP contribution in [0.5, 0.6) is 0 Å². The molecule has 0 aromatic heterocycles. The smallest absolute Gasteiger partial charge is 0.0900 e. The van der Waals surface area contributed by atoms with Crippen molar-refractivity contribution in [2.24, 2.45) is 11.8 Å². The number of rotatable bonds is 6. The molecule has 4 heteroatoms. The van der Waals surface area contributed by atoms with Gasteiger partial charge in [0, 0.05) is 19.7 Å². The van der Waals surface area contributed by atoms with E-state index in [0.29, 0.717) is 13.2 Å². The van der Waals surface area contributed by atoms with E-state index in [4.69, 9.17) is 4.74 Å². The van der Waals surface area contributed by atoms with E-state index in [0.717, 1.165) is 18.8 Å². The summed E-state index contributed by atoms with van der Waals surface area (Å²) in [6.45, 7) is 3.15. The Hall–Kier alpha value is -0.630. The molecule has 1 rings (SSSR count). The second-order valence-corrected chi connectivity index (χ2v) is 5.44. The van der Waals surface area contributed by atoms with E-state index < -0.39 is 6.10 Å². The molecule has 1 aliphatic rings. The Labute approximate surface area is 111 Å². The fourth-order valence-corrected chi connectivity index (χ4v) is 2.95. The van der Waals surface area contributed by atoms with Crippen LogP contribution in [-0.4, -0.2) is 49.5 Å². The zero-order chi connectivity index (χ0) is 13.5. The van der Waals surface area contributed by atoms with Crippen molar-refractivity contribution in [1.29, 1.82) is 5.26 Å². The van der Waals surface area contributed by atoms with Crippen molar-refractivity contribution in [3.63, 3.8) is 0 Å². The number of aliphatic hydroxyl groups excluding tert-OH is 1. The van der Waals surface area contributed by atoms with Gasteiger partial charge in [0.05, 0.1) is 24.7 Å². The van der Waals surface area contributed by atoms with Crippen LogP contribution in [-0.2, 0) is 4.74 Å². The molecule has 0 amide bonds. The molecule has 18 heavy (non-hydrogen) atoms. The van der Waals surface area contributed by atoms with Crippen LogP contribution >= 0.6 is 0 Å². The van der Waals surface area contributed by atoms with Gasteiger partial charge in [-0.3, -0.25) is 4.90 Å². The first-order chi connectivity index (χ1) is 8.62. The first-order valence-electron chi connectivity index (χ1n) is 6.89. The SMILES string of the molecule is CCC1CCC(C#N)C(N(C)CC(O)COC)C1. The van der Waals surface area contributed by atoms with E-state index in [-0.39, 0.29) is 12.0 Å². The van der Waals surface area contributed by atoms with E-state index >= 15 is 0 Å². The minimum Gasteiger partial charge on any atom is -0.389 e. The molecule has 0 spiro atoms. The molecule has 1 aliphatic carbocycles. The zero-order valence-electron chi connectivity index (χ0n) is 11.8. The van der Waals surface area contributed by atoms with Gasteiger partial charge in [-0.1, -0.05) is 13.3 Å². The average molecular weight is 254 g/mol. The van der Waals surface area contributed by atoms with Crippen LogP contribution in [0.4, 0.5) is 0 Å². The lowest BCUT2D eigenvalue weighted by molar-refractivity contribution is 0.0200. The van der Waals surface area contributed by atoms with Gasteiger partial charge < -0.3 is 9.84 Å². The highest BCUT2D eigenvalue weighted by atomic mass is 16.5. The summed E-state index contributed by atoms with van der Waals surface area (Å²) in [4.78, 5) is 2.14. The Bertz CT molecular complexity index is 277. The van der Waals surface area contributed by atoms with Gasteiger partial charge in [-0.15, -0.1) is 0 Å². The van der Waals surface area contributed by atoms with E-state index in [9.17, 15) is 10.4 Å². The minimum atomic E-state index is -0.471.